The minimum Gasteiger partial charge on any atom is -0.380 e. The van der Waals surface area contributed by atoms with Crippen LogP contribution in [0.5, 0.6) is 0 Å². The van der Waals surface area contributed by atoms with Crippen LogP contribution in [0.4, 0.5) is 0 Å². The number of nitrogens with one attached hydrogen (secondary N) is 1. The van der Waals surface area contributed by atoms with Crippen LogP contribution in [0.2, 0.25) is 0 Å². The van der Waals surface area contributed by atoms with Crippen LogP contribution in [0.1, 0.15) is 30.3 Å². The topological polar surface area (TPSA) is 65.1 Å². The molecule has 0 aliphatic rings. The van der Waals surface area contributed by atoms with Gasteiger partial charge in [-0.2, -0.15) is 5.10 Å². The Morgan fingerprint density at radius 3 is 2.65 bits per heavy atom. The highest BCUT2D eigenvalue weighted by Gasteiger charge is 2.15. The highest BCUT2D eigenvalue weighted by molar-refractivity contribution is 5.25. The van der Waals surface area contributed by atoms with Crippen molar-refractivity contribution in [3.63, 3.8) is 0 Å². The first-order valence-electron chi connectivity index (χ1n) is 6.13. The fourth-order valence-corrected chi connectivity index (χ4v) is 1.90. The molecule has 0 bridgehead atoms. The van der Waals surface area contributed by atoms with Gasteiger partial charge in [0, 0.05) is 25.4 Å². The number of nitrogens with two attached hydrogens (primary N) is 1. The molecule has 0 aliphatic carbocycles. The maximum absolute atomic E-state index is 5.55. The van der Waals surface area contributed by atoms with Crippen molar-refractivity contribution in [2.75, 3.05) is 13.2 Å². The second-order valence-electron chi connectivity index (χ2n) is 4.42. The molecule has 0 aliphatic heterocycles. The monoisotopic (exact) mass is 240 g/mol. The quantitative estimate of drug-likeness (QED) is 0.421. The SMILES string of the molecule is CCCOCC(Cc1c(C)nn(C)c1C)NN. The maximum Gasteiger partial charge on any atom is 0.0636 e. The predicted octanol–water partition coefficient (Wildman–Crippen LogP) is 0.838. The lowest BCUT2D eigenvalue weighted by molar-refractivity contribution is 0.112. The number of aromatic nitrogens is 2. The van der Waals surface area contributed by atoms with Crippen molar-refractivity contribution in [2.45, 2.75) is 39.7 Å². The summed E-state index contributed by atoms with van der Waals surface area (Å²) in [6.07, 6.45) is 1.88. The molecule has 0 fully saturated rings. The lowest BCUT2D eigenvalue weighted by Crippen LogP contribution is -2.40. The number of hydrogen-bond donors (Lipinski definition) is 2. The summed E-state index contributed by atoms with van der Waals surface area (Å²) in [5.41, 5.74) is 6.33. The number of ether oxygens (including phenoxy) is 1. The van der Waals surface area contributed by atoms with Gasteiger partial charge in [-0.15, -0.1) is 0 Å². The van der Waals surface area contributed by atoms with Gasteiger partial charge in [0.15, 0.2) is 0 Å². The van der Waals surface area contributed by atoms with Gasteiger partial charge in [0.2, 0.25) is 0 Å². The third-order valence-corrected chi connectivity index (χ3v) is 3.01. The van der Waals surface area contributed by atoms with E-state index in [1.54, 1.807) is 0 Å². The molecule has 1 unspecified atom stereocenters. The van der Waals surface area contributed by atoms with Gasteiger partial charge in [-0.25, -0.2) is 0 Å². The average Bonchev–Trinajstić information content (AvgIpc) is 2.54. The van der Waals surface area contributed by atoms with Gasteiger partial charge in [-0.1, -0.05) is 6.92 Å². The first-order chi connectivity index (χ1) is 8.10. The van der Waals surface area contributed by atoms with Crippen molar-refractivity contribution in [1.82, 2.24) is 15.2 Å². The van der Waals surface area contributed by atoms with Gasteiger partial charge in [-0.3, -0.25) is 16.0 Å². The Labute approximate surface area is 103 Å². The van der Waals surface area contributed by atoms with E-state index in [0.717, 1.165) is 25.1 Å². The van der Waals surface area contributed by atoms with Crippen molar-refractivity contribution in [2.24, 2.45) is 12.9 Å². The second kappa shape index (κ2) is 6.74. The molecular formula is C12H24N4O. The zero-order valence-corrected chi connectivity index (χ0v) is 11.3. The molecule has 0 aromatic carbocycles. The molecule has 1 heterocycles. The molecule has 5 heteroatoms. The summed E-state index contributed by atoms with van der Waals surface area (Å²) >= 11 is 0. The van der Waals surface area contributed by atoms with Crippen LogP contribution in [0, 0.1) is 13.8 Å². The third-order valence-electron chi connectivity index (χ3n) is 3.01. The number of hydrogen-bond acceptors (Lipinski definition) is 4. The molecule has 0 saturated heterocycles. The molecule has 98 valence electrons. The minimum atomic E-state index is 0.142. The van der Waals surface area contributed by atoms with E-state index in [1.807, 2.05) is 18.7 Å². The van der Waals surface area contributed by atoms with E-state index in [4.69, 9.17) is 10.6 Å². The molecule has 1 atom stereocenters. The molecule has 3 N–H and O–H groups in total. The van der Waals surface area contributed by atoms with Crippen molar-refractivity contribution >= 4 is 0 Å². The van der Waals surface area contributed by atoms with Gasteiger partial charge in [-0.05, 0) is 32.3 Å². The lowest BCUT2D eigenvalue weighted by atomic mass is 10.1. The van der Waals surface area contributed by atoms with Crippen LogP contribution < -0.4 is 11.3 Å². The van der Waals surface area contributed by atoms with Crippen LogP contribution in [0.25, 0.3) is 0 Å². The van der Waals surface area contributed by atoms with E-state index in [1.165, 1.54) is 11.3 Å². The Hall–Kier alpha value is -0.910. The molecule has 1 aromatic heterocycles. The van der Waals surface area contributed by atoms with Crippen LogP contribution in [-0.4, -0.2) is 29.0 Å². The molecule has 0 saturated carbocycles. The number of nitrogens with zero attached hydrogens (tertiary/aromatic N) is 2. The van der Waals surface area contributed by atoms with Gasteiger partial charge in [0.05, 0.1) is 12.3 Å². The van der Waals surface area contributed by atoms with Crippen LogP contribution in [0.3, 0.4) is 0 Å². The fraction of sp³-hybridized carbons (Fsp3) is 0.750. The highest BCUT2D eigenvalue weighted by atomic mass is 16.5. The van der Waals surface area contributed by atoms with E-state index >= 15 is 0 Å². The minimum absolute atomic E-state index is 0.142. The number of hydrazine groups is 1. The van der Waals surface area contributed by atoms with Crippen LogP contribution in [-0.2, 0) is 18.2 Å². The third kappa shape index (κ3) is 3.80. The second-order valence-corrected chi connectivity index (χ2v) is 4.42. The zero-order chi connectivity index (χ0) is 12.8. The van der Waals surface area contributed by atoms with E-state index in [9.17, 15) is 0 Å². The average molecular weight is 240 g/mol. The van der Waals surface area contributed by atoms with Gasteiger partial charge in [0.25, 0.3) is 0 Å². The first-order valence-corrected chi connectivity index (χ1v) is 6.13. The summed E-state index contributed by atoms with van der Waals surface area (Å²) in [5.74, 6) is 5.55. The molecule has 0 spiro atoms. The lowest BCUT2D eigenvalue weighted by Gasteiger charge is -2.16. The number of aryl methyl sites for hydroxylation is 2. The molecule has 17 heavy (non-hydrogen) atoms. The predicted molar refractivity (Wildman–Crippen MR) is 68.6 cm³/mol. The summed E-state index contributed by atoms with van der Waals surface area (Å²) in [4.78, 5) is 0. The maximum atomic E-state index is 5.55. The van der Waals surface area contributed by atoms with Crippen LogP contribution in [0.15, 0.2) is 0 Å². The van der Waals surface area contributed by atoms with Gasteiger partial charge < -0.3 is 4.74 Å². The Morgan fingerprint density at radius 2 is 2.18 bits per heavy atom. The van der Waals surface area contributed by atoms with Crippen molar-refractivity contribution < 1.29 is 4.74 Å². The molecule has 5 nitrogen and oxygen atoms in total. The summed E-state index contributed by atoms with van der Waals surface area (Å²) in [7, 11) is 1.96. The normalized spacial score (nSPS) is 13.0. The van der Waals surface area contributed by atoms with E-state index in [2.05, 4.69) is 24.4 Å². The summed E-state index contributed by atoms with van der Waals surface area (Å²) < 4.78 is 7.43. The van der Waals surface area contributed by atoms with Crippen LogP contribution >= 0.6 is 0 Å². The molecule has 1 rings (SSSR count). The van der Waals surface area contributed by atoms with Gasteiger partial charge in [0.1, 0.15) is 0 Å². The Morgan fingerprint density at radius 1 is 1.47 bits per heavy atom. The highest BCUT2D eigenvalue weighted by Crippen LogP contribution is 2.14. The first kappa shape index (κ1) is 14.2. The standard InChI is InChI=1S/C12H24N4O/c1-5-6-17-8-11(14-13)7-12-9(2)15-16(4)10(12)3/h11,14H,5-8,13H2,1-4H3. The smallest absolute Gasteiger partial charge is 0.0636 e. The molecular weight excluding hydrogens is 216 g/mol. The van der Waals surface area contributed by atoms with E-state index in [0.29, 0.717) is 6.61 Å². The van der Waals surface area contributed by atoms with Crippen molar-refractivity contribution in [3.05, 3.63) is 17.0 Å². The van der Waals surface area contributed by atoms with Crippen molar-refractivity contribution in [1.29, 1.82) is 0 Å². The van der Waals surface area contributed by atoms with E-state index < -0.39 is 0 Å². The summed E-state index contributed by atoms with van der Waals surface area (Å²) in [6.45, 7) is 7.63. The largest absolute Gasteiger partial charge is 0.380 e. The molecule has 0 amide bonds. The Kier molecular flexibility index (Phi) is 5.61. The van der Waals surface area contributed by atoms with Crippen molar-refractivity contribution in [3.8, 4) is 0 Å². The molecule has 1 aromatic rings. The number of rotatable bonds is 7. The summed E-state index contributed by atoms with van der Waals surface area (Å²) in [6, 6.07) is 0.142. The van der Waals surface area contributed by atoms with E-state index in [-0.39, 0.29) is 6.04 Å². The Balaban J connectivity index is 2.60. The zero-order valence-electron chi connectivity index (χ0n) is 11.3. The van der Waals surface area contributed by atoms with Gasteiger partial charge >= 0.3 is 0 Å². The fourth-order valence-electron chi connectivity index (χ4n) is 1.90. The summed E-state index contributed by atoms with van der Waals surface area (Å²) in [5, 5.41) is 4.40. The molecule has 0 radical (unpaired) electrons. The Bertz CT molecular complexity index is 349.